The van der Waals surface area contributed by atoms with Gasteiger partial charge in [-0.3, -0.25) is 4.98 Å². The van der Waals surface area contributed by atoms with Gasteiger partial charge in [-0.1, -0.05) is 13.0 Å². The molecule has 1 N–H and O–H groups in total. The molecule has 0 bridgehead atoms. The van der Waals surface area contributed by atoms with Crippen molar-refractivity contribution in [2.24, 2.45) is 5.92 Å². The second-order valence-electron chi connectivity index (χ2n) is 3.98. The Morgan fingerprint density at radius 1 is 1.50 bits per heavy atom. The van der Waals surface area contributed by atoms with Crippen LogP contribution < -0.4 is 5.32 Å². The number of nitrogens with one attached hydrogen (secondary N) is 1. The lowest BCUT2D eigenvalue weighted by Gasteiger charge is -2.17. The second-order valence-corrected chi connectivity index (χ2v) is 3.98. The fourth-order valence-corrected chi connectivity index (χ4v) is 1.47. The van der Waals surface area contributed by atoms with Crippen molar-refractivity contribution in [3.63, 3.8) is 0 Å². The van der Waals surface area contributed by atoms with E-state index in [4.69, 9.17) is 0 Å². The smallest absolute Gasteiger partial charge is 0.0297 e. The third kappa shape index (κ3) is 4.97. The third-order valence-corrected chi connectivity index (χ3v) is 2.35. The highest BCUT2D eigenvalue weighted by Gasteiger charge is 2.04. The molecule has 0 saturated carbocycles. The van der Waals surface area contributed by atoms with Crippen LogP contribution in [0.3, 0.4) is 0 Å². The molecule has 1 unspecified atom stereocenters. The highest BCUT2D eigenvalue weighted by Crippen LogP contribution is 2.06. The van der Waals surface area contributed by atoms with Gasteiger partial charge in [0.1, 0.15) is 0 Å². The number of pyridine rings is 1. The molecule has 2 heterocycles. The molecule has 2 heteroatoms. The largest absolute Gasteiger partial charge is 0.316 e. The summed E-state index contributed by atoms with van der Waals surface area (Å²) in [5.74, 6) is 0.925. The average Bonchev–Trinajstić information content (AvgIpc) is 2.21. The van der Waals surface area contributed by atoms with Crippen LogP contribution >= 0.6 is 0 Å². The Balaban J connectivity index is 0.000000140. The second kappa shape index (κ2) is 6.55. The number of nitrogens with zero attached hydrogens (tertiary/aromatic N) is 1. The van der Waals surface area contributed by atoms with E-state index < -0.39 is 0 Å². The zero-order chi connectivity index (χ0) is 10.2. The van der Waals surface area contributed by atoms with Crippen LogP contribution in [0, 0.1) is 12.8 Å². The molecule has 0 radical (unpaired) electrons. The molecular weight excluding hydrogens is 172 g/mol. The number of rotatable bonds is 0. The van der Waals surface area contributed by atoms with Crippen LogP contribution in [0.5, 0.6) is 0 Å². The molecule has 1 aliphatic rings. The molecular formula is C12H20N2. The average molecular weight is 192 g/mol. The molecule has 1 saturated heterocycles. The van der Waals surface area contributed by atoms with Gasteiger partial charge in [-0.05, 0) is 50.4 Å². The summed E-state index contributed by atoms with van der Waals surface area (Å²) < 4.78 is 0. The molecule has 2 nitrogen and oxygen atoms in total. The molecule has 0 amide bonds. The SMILES string of the molecule is CC1CCCNC1.Cc1cccnc1. The lowest BCUT2D eigenvalue weighted by Crippen LogP contribution is -2.27. The maximum atomic E-state index is 3.88. The molecule has 1 aliphatic heterocycles. The third-order valence-electron chi connectivity index (χ3n) is 2.35. The van der Waals surface area contributed by atoms with Gasteiger partial charge in [0.2, 0.25) is 0 Å². The van der Waals surface area contributed by atoms with Crippen molar-refractivity contribution in [2.75, 3.05) is 13.1 Å². The number of hydrogen-bond donors (Lipinski definition) is 1. The summed E-state index contributed by atoms with van der Waals surface area (Å²) in [4.78, 5) is 3.88. The molecule has 1 fully saturated rings. The van der Waals surface area contributed by atoms with Crippen LogP contribution in [0.25, 0.3) is 0 Å². The maximum absolute atomic E-state index is 3.88. The van der Waals surface area contributed by atoms with Gasteiger partial charge in [-0.2, -0.15) is 0 Å². The molecule has 2 rings (SSSR count). The van der Waals surface area contributed by atoms with Crippen molar-refractivity contribution in [3.8, 4) is 0 Å². The summed E-state index contributed by atoms with van der Waals surface area (Å²) in [6, 6.07) is 3.95. The topological polar surface area (TPSA) is 24.9 Å². The van der Waals surface area contributed by atoms with E-state index in [2.05, 4.69) is 17.2 Å². The van der Waals surface area contributed by atoms with Crippen LogP contribution in [-0.2, 0) is 0 Å². The Morgan fingerprint density at radius 3 is 2.64 bits per heavy atom. The zero-order valence-electron chi connectivity index (χ0n) is 9.16. The number of hydrogen-bond acceptors (Lipinski definition) is 2. The summed E-state index contributed by atoms with van der Waals surface area (Å²) in [6.07, 6.45) is 6.40. The van der Waals surface area contributed by atoms with Crippen molar-refractivity contribution in [1.29, 1.82) is 0 Å². The maximum Gasteiger partial charge on any atom is 0.0297 e. The minimum atomic E-state index is 0.925. The van der Waals surface area contributed by atoms with E-state index in [1.165, 1.54) is 31.5 Å². The van der Waals surface area contributed by atoms with Crippen molar-refractivity contribution in [1.82, 2.24) is 10.3 Å². The lowest BCUT2D eigenvalue weighted by molar-refractivity contribution is 0.405. The Bertz CT molecular complexity index is 227. The van der Waals surface area contributed by atoms with Gasteiger partial charge < -0.3 is 5.32 Å². The first-order valence-corrected chi connectivity index (χ1v) is 5.36. The Morgan fingerprint density at radius 2 is 2.36 bits per heavy atom. The van der Waals surface area contributed by atoms with Crippen LogP contribution in [0.4, 0.5) is 0 Å². The van der Waals surface area contributed by atoms with Crippen molar-refractivity contribution >= 4 is 0 Å². The predicted octanol–water partition coefficient (Wildman–Crippen LogP) is 2.40. The first kappa shape index (κ1) is 11.2. The van der Waals surface area contributed by atoms with E-state index in [1.807, 2.05) is 25.3 Å². The van der Waals surface area contributed by atoms with Crippen molar-refractivity contribution in [3.05, 3.63) is 30.1 Å². The van der Waals surface area contributed by atoms with Gasteiger partial charge in [0, 0.05) is 12.4 Å². The highest BCUT2D eigenvalue weighted by molar-refractivity contribution is 5.04. The van der Waals surface area contributed by atoms with E-state index in [1.54, 1.807) is 6.20 Å². The van der Waals surface area contributed by atoms with Gasteiger partial charge in [0.15, 0.2) is 0 Å². The lowest BCUT2D eigenvalue weighted by atomic mass is 10.0. The molecule has 1 aromatic rings. The highest BCUT2D eigenvalue weighted by atomic mass is 14.9. The van der Waals surface area contributed by atoms with Crippen molar-refractivity contribution < 1.29 is 0 Å². The van der Waals surface area contributed by atoms with E-state index in [0.29, 0.717) is 0 Å². The van der Waals surface area contributed by atoms with Crippen LogP contribution in [-0.4, -0.2) is 18.1 Å². The minimum absolute atomic E-state index is 0.925. The van der Waals surface area contributed by atoms with Gasteiger partial charge >= 0.3 is 0 Å². The summed E-state index contributed by atoms with van der Waals surface area (Å²) in [7, 11) is 0. The molecule has 0 aliphatic carbocycles. The summed E-state index contributed by atoms with van der Waals surface area (Å²) in [6.45, 7) is 6.80. The van der Waals surface area contributed by atoms with Gasteiger partial charge in [-0.15, -0.1) is 0 Å². The van der Waals surface area contributed by atoms with E-state index >= 15 is 0 Å². The summed E-state index contributed by atoms with van der Waals surface area (Å²) in [5.41, 5.74) is 1.21. The molecule has 14 heavy (non-hydrogen) atoms. The number of aromatic nitrogens is 1. The normalized spacial score (nSPS) is 20.9. The minimum Gasteiger partial charge on any atom is -0.316 e. The summed E-state index contributed by atoms with van der Waals surface area (Å²) in [5, 5.41) is 3.33. The Kier molecular flexibility index (Phi) is 5.23. The van der Waals surface area contributed by atoms with E-state index in [-0.39, 0.29) is 0 Å². The van der Waals surface area contributed by atoms with Gasteiger partial charge in [-0.25, -0.2) is 0 Å². The first-order valence-electron chi connectivity index (χ1n) is 5.36. The number of piperidine rings is 1. The monoisotopic (exact) mass is 192 g/mol. The number of aryl methyl sites for hydroxylation is 1. The zero-order valence-corrected chi connectivity index (χ0v) is 9.16. The van der Waals surface area contributed by atoms with Crippen molar-refractivity contribution in [2.45, 2.75) is 26.7 Å². The predicted molar refractivity (Wildman–Crippen MR) is 60.2 cm³/mol. The van der Waals surface area contributed by atoms with E-state index in [9.17, 15) is 0 Å². The first-order chi connectivity index (χ1) is 6.79. The molecule has 0 spiro atoms. The molecule has 1 atom stereocenters. The van der Waals surface area contributed by atoms with Crippen LogP contribution in [0.1, 0.15) is 25.3 Å². The fourth-order valence-electron chi connectivity index (χ4n) is 1.47. The van der Waals surface area contributed by atoms with Crippen LogP contribution in [0.2, 0.25) is 0 Å². The van der Waals surface area contributed by atoms with Gasteiger partial charge in [0.05, 0.1) is 0 Å². The molecule has 1 aromatic heterocycles. The summed E-state index contributed by atoms with van der Waals surface area (Å²) >= 11 is 0. The quantitative estimate of drug-likeness (QED) is 0.682. The fraction of sp³-hybridized carbons (Fsp3) is 0.583. The van der Waals surface area contributed by atoms with Crippen LogP contribution in [0.15, 0.2) is 24.5 Å². The van der Waals surface area contributed by atoms with Gasteiger partial charge in [0.25, 0.3) is 0 Å². The standard InChI is InChI=1S/C6H13N.C6H7N/c2*1-6-3-2-4-7-5-6/h6-7H,2-5H2,1H3;2-5H,1H3. The Hall–Kier alpha value is -0.890. The Labute approximate surface area is 86.8 Å². The van der Waals surface area contributed by atoms with E-state index in [0.717, 1.165) is 5.92 Å². The molecule has 0 aromatic carbocycles. The molecule has 78 valence electrons.